The molecule has 1 saturated carbocycles. The summed E-state index contributed by atoms with van der Waals surface area (Å²) in [6.45, 7) is 0. The quantitative estimate of drug-likeness (QED) is 0.829. The summed E-state index contributed by atoms with van der Waals surface area (Å²) in [6, 6.07) is 0.564. The Labute approximate surface area is 131 Å². The van der Waals surface area contributed by atoms with Gasteiger partial charge in [0.15, 0.2) is 0 Å². The molecule has 0 unspecified atom stereocenters. The molecule has 0 spiro atoms. The maximum Gasteiger partial charge on any atom is 0.417 e. The number of amides is 1. The number of nitrogens with one attached hydrogen (secondary N) is 1. The van der Waals surface area contributed by atoms with Crippen LogP contribution in [0.1, 0.15) is 37.7 Å². The highest BCUT2D eigenvalue weighted by atomic mass is 35.5. The molecule has 0 aromatic carbocycles. The predicted molar refractivity (Wildman–Crippen MR) is 77.4 cm³/mol. The van der Waals surface area contributed by atoms with Crippen molar-refractivity contribution >= 4 is 23.3 Å². The van der Waals surface area contributed by atoms with E-state index in [9.17, 15) is 18.0 Å². The number of hydrogen-bond acceptors (Lipinski definition) is 3. The molecule has 3 N–H and O–H groups in total. The first kappa shape index (κ1) is 16.9. The van der Waals surface area contributed by atoms with Crippen molar-refractivity contribution in [2.75, 3.05) is 5.32 Å². The van der Waals surface area contributed by atoms with Crippen molar-refractivity contribution in [1.29, 1.82) is 0 Å². The van der Waals surface area contributed by atoms with E-state index in [1.165, 1.54) is 0 Å². The monoisotopic (exact) mass is 335 g/mol. The van der Waals surface area contributed by atoms with Gasteiger partial charge in [-0.2, -0.15) is 13.2 Å². The first-order chi connectivity index (χ1) is 10.3. The predicted octanol–water partition coefficient (Wildman–Crippen LogP) is 3.60. The van der Waals surface area contributed by atoms with Crippen LogP contribution in [-0.2, 0) is 11.0 Å². The summed E-state index contributed by atoms with van der Waals surface area (Å²) in [4.78, 5) is 15.3. The maximum absolute atomic E-state index is 12.6. The fraction of sp³-hybridized carbons (Fsp3) is 0.571. The number of nitrogens with two attached hydrogens (primary N) is 1. The molecule has 0 saturated heterocycles. The summed E-state index contributed by atoms with van der Waals surface area (Å²) in [6.07, 6.45) is 0.408. The summed E-state index contributed by atoms with van der Waals surface area (Å²) in [7, 11) is 0. The van der Waals surface area contributed by atoms with Gasteiger partial charge >= 0.3 is 6.18 Å². The van der Waals surface area contributed by atoms with Gasteiger partial charge in [-0.15, -0.1) is 0 Å². The lowest BCUT2D eigenvalue weighted by atomic mass is 9.94. The van der Waals surface area contributed by atoms with E-state index in [4.69, 9.17) is 17.3 Å². The number of nitrogens with zero attached hydrogens (tertiary/aromatic N) is 1. The van der Waals surface area contributed by atoms with E-state index in [0.717, 1.165) is 31.5 Å². The third-order valence-electron chi connectivity index (χ3n) is 3.87. The van der Waals surface area contributed by atoms with Crippen molar-refractivity contribution in [3.8, 4) is 0 Å². The zero-order chi connectivity index (χ0) is 16.3. The van der Waals surface area contributed by atoms with E-state index >= 15 is 0 Å². The minimum Gasteiger partial charge on any atom is -0.369 e. The van der Waals surface area contributed by atoms with Gasteiger partial charge in [-0.3, -0.25) is 4.79 Å². The van der Waals surface area contributed by atoms with Crippen LogP contribution in [0.3, 0.4) is 0 Å². The Morgan fingerprint density at radius 1 is 1.32 bits per heavy atom. The van der Waals surface area contributed by atoms with Crippen LogP contribution in [0.15, 0.2) is 12.3 Å². The molecule has 8 heteroatoms. The van der Waals surface area contributed by atoms with Crippen molar-refractivity contribution in [3.05, 3.63) is 22.8 Å². The molecule has 1 aliphatic carbocycles. The Morgan fingerprint density at radius 2 is 2.00 bits per heavy atom. The van der Waals surface area contributed by atoms with E-state index in [1.54, 1.807) is 0 Å². The fourth-order valence-electron chi connectivity index (χ4n) is 2.70. The van der Waals surface area contributed by atoms with Crippen LogP contribution in [-0.4, -0.2) is 16.9 Å². The molecule has 4 nitrogen and oxygen atoms in total. The average molecular weight is 336 g/mol. The number of aromatic nitrogens is 1. The summed E-state index contributed by atoms with van der Waals surface area (Å²) in [5, 5.41) is 2.87. The van der Waals surface area contributed by atoms with Crippen LogP contribution in [0.2, 0.25) is 5.02 Å². The van der Waals surface area contributed by atoms with Crippen LogP contribution in [0.5, 0.6) is 0 Å². The largest absolute Gasteiger partial charge is 0.417 e. The summed E-state index contributed by atoms with van der Waals surface area (Å²) < 4.78 is 37.8. The van der Waals surface area contributed by atoms with E-state index in [0.29, 0.717) is 12.8 Å². The number of primary amides is 1. The Balaban J connectivity index is 2.19. The number of carbonyl (C=O) groups is 1. The highest BCUT2D eigenvalue weighted by molar-refractivity contribution is 6.33. The number of hydrogen-bond donors (Lipinski definition) is 2. The molecule has 1 heterocycles. The molecular formula is C14H17ClF3N3O. The van der Waals surface area contributed by atoms with Gasteiger partial charge in [0.25, 0.3) is 0 Å². The van der Waals surface area contributed by atoms with Crippen molar-refractivity contribution < 1.29 is 18.0 Å². The van der Waals surface area contributed by atoms with Crippen molar-refractivity contribution in [2.24, 2.45) is 11.7 Å². The molecule has 1 fully saturated rings. The number of carbonyl (C=O) groups excluding carboxylic acids is 1. The highest BCUT2D eigenvalue weighted by Crippen LogP contribution is 2.33. The minimum atomic E-state index is -4.49. The number of pyridine rings is 1. The first-order valence-electron chi connectivity index (χ1n) is 7.07. The molecule has 1 aromatic rings. The van der Waals surface area contributed by atoms with Gasteiger partial charge < -0.3 is 11.1 Å². The van der Waals surface area contributed by atoms with Crippen molar-refractivity contribution in [2.45, 2.75) is 44.3 Å². The molecule has 1 aliphatic rings. The molecule has 122 valence electrons. The molecule has 1 amide bonds. The highest BCUT2D eigenvalue weighted by Gasteiger charge is 2.32. The third-order valence-corrected chi connectivity index (χ3v) is 4.16. The standard InChI is InChI=1S/C14H17ClF3N3O/c15-10-6-8(14(16,17)18)7-20-13(10)21-11-5-3-1-2-4-9(11)12(19)22/h6-7,9,11H,1-5H2,(H2,19,22)(H,20,21)/t9-,11+/m1/s1. The van der Waals surface area contributed by atoms with Crippen LogP contribution >= 0.6 is 11.6 Å². The molecule has 1 aromatic heterocycles. The van der Waals surface area contributed by atoms with Crippen LogP contribution < -0.4 is 11.1 Å². The lowest BCUT2D eigenvalue weighted by Crippen LogP contribution is -2.38. The zero-order valence-electron chi connectivity index (χ0n) is 11.8. The smallest absolute Gasteiger partial charge is 0.369 e. The van der Waals surface area contributed by atoms with Gasteiger partial charge in [0.1, 0.15) is 5.82 Å². The molecule has 22 heavy (non-hydrogen) atoms. The molecule has 2 rings (SSSR count). The number of alkyl halides is 3. The average Bonchev–Trinajstić information content (AvgIpc) is 2.65. The van der Waals surface area contributed by atoms with Crippen molar-refractivity contribution in [3.63, 3.8) is 0 Å². The van der Waals surface area contributed by atoms with E-state index in [2.05, 4.69) is 10.3 Å². The molecular weight excluding hydrogens is 319 g/mol. The lowest BCUT2D eigenvalue weighted by molar-refractivity contribution is -0.137. The van der Waals surface area contributed by atoms with E-state index < -0.39 is 17.6 Å². The second-order valence-electron chi connectivity index (χ2n) is 5.45. The van der Waals surface area contributed by atoms with Gasteiger partial charge in [-0.25, -0.2) is 4.98 Å². The lowest BCUT2D eigenvalue weighted by Gasteiger charge is -2.24. The molecule has 0 aliphatic heterocycles. The van der Waals surface area contributed by atoms with E-state index in [1.807, 2.05) is 0 Å². The van der Waals surface area contributed by atoms with Crippen LogP contribution in [0.25, 0.3) is 0 Å². The Bertz CT molecular complexity index is 551. The summed E-state index contributed by atoms with van der Waals surface area (Å²) in [5.74, 6) is -0.641. The van der Waals surface area contributed by atoms with Crippen LogP contribution in [0.4, 0.5) is 19.0 Å². The first-order valence-corrected chi connectivity index (χ1v) is 7.45. The van der Waals surface area contributed by atoms with Crippen molar-refractivity contribution in [1.82, 2.24) is 4.98 Å². The number of rotatable bonds is 3. The topological polar surface area (TPSA) is 68.0 Å². The third kappa shape index (κ3) is 4.03. The molecule has 0 radical (unpaired) electrons. The maximum atomic E-state index is 12.6. The van der Waals surface area contributed by atoms with Gasteiger partial charge in [0.05, 0.1) is 16.5 Å². The van der Waals surface area contributed by atoms with Crippen LogP contribution in [0, 0.1) is 5.92 Å². The Morgan fingerprint density at radius 3 is 2.59 bits per heavy atom. The normalized spacial score (nSPS) is 22.9. The van der Waals surface area contributed by atoms with E-state index in [-0.39, 0.29) is 22.8 Å². The zero-order valence-corrected chi connectivity index (χ0v) is 12.5. The van der Waals surface area contributed by atoms with Gasteiger partial charge in [0.2, 0.25) is 5.91 Å². The Kier molecular flexibility index (Phi) is 5.16. The number of halogens is 4. The number of anilines is 1. The van der Waals surface area contributed by atoms with Gasteiger partial charge in [-0.05, 0) is 18.9 Å². The SMILES string of the molecule is NC(=O)[C@@H]1CCCCC[C@@H]1Nc1ncc(C(F)(F)F)cc1Cl. The summed E-state index contributed by atoms with van der Waals surface area (Å²) >= 11 is 5.88. The second-order valence-corrected chi connectivity index (χ2v) is 5.86. The van der Waals surface area contributed by atoms with Gasteiger partial charge in [-0.1, -0.05) is 30.9 Å². The fourth-order valence-corrected chi connectivity index (χ4v) is 2.92. The summed E-state index contributed by atoms with van der Waals surface area (Å²) in [5.41, 5.74) is 4.51. The van der Waals surface area contributed by atoms with Gasteiger partial charge in [0, 0.05) is 12.2 Å². The minimum absolute atomic E-state index is 0.123. The Hall–Kier alpha value is -1.50. The second kappa shape index (κ2) is 6.73. The molecule has 2 atom stereocenters. The molecule has 0 bridgehead atoms.